The Morgan fingerprint density at radius 1 is 1.36 bits per heavy atom. The van der Waals surface area contributed by atoms with Crippen LogP contribution < -0.4 is 10.1 Å². The number of carbonyl (C=O) groups is 2. The van der Waals surface area contributed by atoms with Crippen LogP contribution in [0.25, 0.3) is 5.70 Å². The molecule has 152 valence electrons. The van der Waals surface area contributed by atoms with E-state index in [9.17, 15) is 22.8 Å². The quantitative estimate of drug-likeness (QED) is 0.845. The lowest BCUT2D eigenvalue weighted by Gasteiger charge is -2.39. The van der Waals surface area contributed by atoms with E-state index in [2.05, 4.69) is 10.1 Å². The summed E-state index contributed by atoms with van der Waals surface area (Å²) in [7, 11) is 1.21. The van der Waals surface area contributed by atoms with Crippen molar-refractivity contribution in [2.45, 2.75) is 38.5 Å². The van der Waals surface area contributed by atoms with Gasteiger partial charge in [-0.3, -0.25) is 4.79 Å². The molecule has 3 rings (SSSR count). The van der Waals surface area contributed by atoms with E-state index >= 15 is 0 Å². The highest BCUT2D eigenvalue weighted by atomic mass is 19.4. The summed E-state index contributed by atoms with van der Waals surface area (Å²) < 4.78 is 50.3. The fourth-order valence-corrected chi connectivity index (χ4v) is 3.49. The van der Waals surface area contributed by atoms with Crippen molar-refractivity contribution in [1.82, 2.24) is 10.2 Å². The number of ether oxygens (including phenoxy) is 2. The van der Waals surface area contributed by atoms with Crippen LogP contribution >= 0.6 is 0 Å². The number of likely N-dealkylation sites (tertiary alicyclic amines) is 1. The second-order valence-electron chi connectivity index (χ2n) is 7.14. The second kappa shape index (κ2) is 7.03. The SMILES string of the molecule is COC(=O)NCC1=C(N2CCCC2=O)c2cc(C(F)(F)F)ccc2OC1(C)C. The molecule has 0 atom stereocenters. The average Bonchev–Trinajstić information content (AvgIpc) is 3.02. The topological polar surface area (TPSA) is 67.9 Å². The van der Waals surface area contributed by atoms with Crippen LogP contribution in [0.1, 0.15) is 37.8 Å². The molecule has 6 nitrogen and oxygen atoms in total. The van der Waals surface area contributed by atoms with Crippen LogP contribution in [0.15, 0.2) is 23.8 Å². The lowest BCUT2D eigenvalue weighted by molar-refractivity contribution is -0.137. The Morgan fingerprint density at radius 2 is 2.07 bits per heavy atom. The van der Waals surface area contributed by atoms with Crippen molar-refractivity contribution in [3.8, 4) is 5.75 Å². The van der Waals surface area contributed by atoms with E-state index in [0.29, 0.717) is 30.7 Å². The summed E-state index contributed by atoms with van der Waals surface area (Å²) in [6, 6.07) is 3.21. The van der Waals surface area contributed by atoms with Gasteiger partial charge in [0.1, 0.15) is 11.4 Å². The molecule has 2 amide bonds. The lowest BCUT2D eigenvalue weighted by Crippen LogP contribution is -2.43. The van der Waals surface area contributed by atoms with Crippen LogP contribution in [-0.2, 0) is 15.7 Å². The van der Waals surface area contributed by atoms with Gasteiger partial charge in [0.05, 0.1) is 18.4 Å². The molecule has 2 aliphatic rings. The molecular weight excluding hydrogens is 377 g/mol. The number of rotatable bonds is 3. The third-order valence-corrected chi connectivity index (χ3v) is 4.88. The fraction of sp³-hybridized carbons (Fsp3) is 0.474. The van der Waals surface area contributed by atoms with E-state index in [4.69, 9.17) is 4.74 Å². The second-order valence-corrected chi connectivity index (χ2v) is 7.14. The van der Waals surface area contributed by atoms with E-state index in [1.165, 1.54) is 18.1 Å². The number of alkyl carbamates (subject to hydrolysis) is 1. The summed E-state index contributed by atoms with van der Waals surface area (Å²) in [5.41, 5.74) is -0.743. The Hall–Kier alpha value is -2.71. The molecule has 1 fully saturated rings. The molecule has 2 aliphatic heterocycles. The molecule has 0 saturated carbocycles. The maximum Gasteiger partial charge on any atom is 0.416 e. The van der Waals surface area contributed by atoms with E-state index in [0.717, 1.165) is 12.1 Å². The predicted octanol–water partition coefficient (Wildman–Crippen LogP) is 3.57. The van der Waals surface area contributed by atoms with Crippen molar-refractivity contribution < 1.29 is 32.2 Å². The summed E-state index contributed by atoms with van der Waals surface area (Å²) >= 11 is 0. The molecule has 0 bridgehead atoms. The summed E-state index contributed by atoms with van der Waals surface area (Å²) in [6.07, 6.45) is -4.30. The number of carbonyl (C=O) groups excluding carboxylic acids is 2. The Bertz CT molecular complexity index is 846. The Balaban J connectivity index is 2.19. The third kappa shape index (κ3) is 3.65. The first-order valence-electron chi connectivity index (χ1n) is 8.81. The van der Waals surface area contributed by atoms with Gasteiger partial charge in [-0.05, 0) is 38.5 Å². The molecule has 0 aromatic heterocycles. The number of nitrogens with one attached hydrogen (secondary N) is 1. The van der Waals surface area contributed by atoms with E-state index in [-0.39, 0.29) is 23.8 Å². The Labute approximate surface area is 160 Å². The normalized spacial score (nSPS) is 18.6. The molecule has 1 aromatic rings. The van der Waals surface area contributed by atoms with Gasteiger partial charge in [-0.25, -0.2) is 4.79 Å². The highest BCUT2D eigenvalue weighted by Gasteiger charge is 2.41. The number of alkyl halides is 3. The van der Waals surface area contributed by atoms with Gasteiger partial charge in [0.15, 0.2) is 0 Å². The predicted molar refractivity (Wildman–Crippen MR) is 94.4 cm³/mol. The minimum Gasteiger partial charge on any atom is -0.483 e. The number of amides is 2. The molecule has 1 saturated heterocycles. The number of methoxy groups -OCH3 is 1. The van der Waals surface area contributed by atoms with Gasteiger partial charge in [-0.1, -0.05) is 0 Å². The van der Waals surface area contributed by atoms with Crippen LogP contribution in [0, 0.1) is 0 Å². The number of benzene rings is 1. The molecule has 1 aromatic carbocycles. The molecule has 0 radical (unpaired) electrons. The van der Waals surface area contributed by atoms with Gasteiger partial charge in [-0.15, -0.1) is 0 Å². The number of hydrogen-bond donors (Lipinski definition) is 1. The highest BCUT2D eigenvalue weighted by molar-refractivity contribution is 5.92. The first-order chi connectivity index (χ1) is 13.0. The van der Waals surface area contributed by atoms with Crippen LogP contribution in [0.2, 0.25) is 0 Å². The molecule has 1 N–H and O–H groups in total. The minimum atomic E-state index is -4.54. The van der Waals surface area contributed by atoms with Crippen molar-refractivity contribution >= 4 is 17.7 Å². The first kappa shape index (κ1) is 20.0. The molecule has 9 heteroatoms. The lowest BCUT2D eigenvalue weighted by atomic mass is 9.88. The van der Waals surface area contributed by atoms with Gasteiger partial charge in [0, 0.05) is 30.6 Å². The van der Waals surface area contributed by atoms with E-state index in [1.807, 2.05) is 0 Å². The van der Waals surface area contributed by atoms with Crippen LogP contribution in [-0.4, -0.2) is 42.7 Å². The number of nitrogens with zero attached hydrogens (tertiary/aromatic N) is 1. The van der Waals surface area contributed by atoms with Gasteiger partial charge in [0.2, 0.25) is 5.91 Å². The van der Waals surface area contributed by atoms with Crippen molar-refractivity contribution in [2.24, 2.45) is 0 Å². The van der Waals surface area contributed by atoms with Crippen LogP contribution in [0.3, 0.4) is 0 Å². The standard InChI is InChI=1S/C19H21F3N2O4/c1-18(2)13(10-23-17(26)27-3)16(24-8-4-5-15(24)25)12-9-11(19(20,21)22)6-7-14(12)28-18/h6-7,9H,4-5,8,10H2,1-3H3,(H,23,26). The molecule has 2 heterocycles. The molecule has 0 spiro atoms. The number of hydrogen-bond acceptors (Lipinski definition) is 4. The molecule has 28 heavy (non-hydrogen) atoms. The zero-order valence-electron chi connectivity index (χ0n) is 15.8. The van der Waals surface area contributed by atoms with Gasteiger partial charge in [-0.2, -0.15) is 13.2 Å². The maximum absolute atomic E-state index is 13.3. The van der Waals surface area contributed by atoms with Crippen molar-refractivity contribution in [2.75, 3.05) is 20.2 Å². The fourth-order valence-electron chi connectivity index (χ4n) is 3.49. The van der Waals surface area contributed by atoms with Crippen LogP contribution in [0.5, 0.6) is 5.75 Å². The van der Waals surface area contributed by atoms with Crippen LogP contribution in [0.4, 0.5) is 18.0 Å². The smallest absolute Gasteiger partial charge is 0.416 e. The average molecular weight is 398 g/mol. The van der Waals surface area contributed by atoms with Crippen molar-refractivity contribution in [3.63, 3.8) is 0 Å². The largest absolute Gasteiger partial charge is 0.483 e. The summed E-state index contributed by atoms with van der Waals surface area (Å²) in [4.78, 5) is 25.5. The zero-order valence-corrected chi connectivity index (χ0v) is 15.8. The third-order valence-electron chi connectivity index (χ3n) is 4.88. The maximum atomic E-state index is 13.3. The molecular formula is C19H21F3N2O4. The van der Waals surface area contributed by atoms with Crippen molar-refractivity contribution in [1.29, 1.82) is 0 Å². The van der Waals surface area contributed by atoms with E-state index < -0.39 is 23.4 Å². The minimum absolute atomic E-state index is 0.0333. The summed E-state index contributed by atoms with van der Waals surface area (Å²) in [6.45, 7) is 3.83. The van der Waals surface area contributed by atoms with E-state index in [1.54, 1.807) is 13.8 Å². The monoisotopic (exact) mass is 398 g/mol. The zero-order chi connectivity index (χ0) is 20.7. The Morgan fingerprint density at radius 3 is 2.64 bits per heavy atom. The first-order valence-corrected chi connectivity index (χ1v) is 8.81. The molecule has 0 unspecified atom stereocenters. The molecule has 0 aliphatic carbocycles. The number of fused-ring (bicyclic) bond motifs is 1. The van der Waals surface area contributed by atoms with Gasteiger partial charge in [0.25, 0.3) is 0 Å². The highest BCUT2D eigenvalue weighted by Crippen LogP contribution is 2.45. The van der Waals surface area contributed by atoms with Gasteiger partial charge >= 0.3 is 12.3 Å². The summed E-state index contributed by atoms with van der Waals surface area (Å²) in [5, 5.41) is 2.54. The van der Waals surface area contributed by atoms with Crippen molar-refractivity contribution in [3.05, 3.63) is 34.9 Å². The Kier molecular flexibility index (Phi) is 5.03. The number of halogens is 3. The summed E-state index contributed by atoms with van der Waals surface area (Å²) in [5.74, 6) is 0.0844. The van der Waals surface area contributed by atoms with Gasteiger partial charge < -0.3 is 19.7 Å².